The number of nitrogens with one attached hydrogen (secondary N) is 1. The van der Waals surface area contributed by atoms with E-state index in [0.29, 0.717) is 5.96 Å². The highest BCUT2D eigenvalue weighted by Gasteiger charge is 2.18. The summed E-state index contributed by atoms with van der Waals surface area (Å²) in [6.45, 7) is 1.99. The molecule has 0 unspecified atom stereocenters. The number of nitrogens with two attached hydrogens (primary N) is 1. The zero-order chi connectivity index (χ0) is 16.9. The van der Waals surface area contributed by atoms with Crippen molar-refractivity contribution in [3.63, 3.8) is 0 Å². The quantitative estimate of drug-likeness (QED) is 0.274. The number of sulfonamides is 1. The van der Waals surface area contributed by atoms with E-state index in [1.807, 2.05) is 16.7 Å². The third-order valence-corrected chi connectivity index (χ3v) is 6.08. The van der Waals surface area contributed by atoms with E-state index in [4.69, 9.17) is 17.3 Å². The maximum Gasteiger partial charge on any atom is 0.242 e. The van der Waals surface area contributed by atoms with Crippen LogP contribution in [0.2, 0.25) is 5.02 Å². The Bertz CT molecular complexity index is 685. The Morgan fingerprint density at radius 1 is 1.42 bits per heavy atom. The van der Waals surface area contributed by atoms with Gasteiger partial charge < -0.3 is 10.6 Å². The second-order valence-electron chi connectivity index (χ2n) is 4.81. The molecule has 0 spiro atoms. The fourth-order valence-corrected chi connectivity index (χ4v) is 4.47. The molecule has 11 heteroatoms. The first-order chi connectivity index (χ1) is 10.9. The SMILES string of the molecule is I.NC(=NCCNS(=O)(=O)c1ccc(F)cc1Cl)N1CCSCC1. The van der Waals surface area contributed by atoms with Crippen molar-refractivity contribution >= 4 is 63.3 Å². The molecule has 0 bridgehead atoms. The Balaban J connectivity index is 0.00000288. The van der Waals surface area contributed by atoms with Gasteiger partial charge in [0.15, 0.2) is 5.96 Å². The molecule has 0 atom stereocenters. The Morgan fingerprint density at radius 2 is 2.08 bits per heavy atom. The minimum Gasteiger partial charge on any atom is -0.370 e. The smallest absolute Gasteiger partial charge is 0.242 e. The summed E-state index contributed by atoms with van der Waals surface area (Å²) < 4.78 is 39.5. The molecule has 6 nitrogen and oxygen atoms in total. The van der Waals surface area contributed by atoms with Gasteiger partial charge in [-0.2, -0.15) is 11.8 Å². The van der Waals surface area contributed by atoms with Crippen molar-refractivity contribution in [3.05, 3.63) is 29.0 Å². The number of guanidine groups is 1. The molecule has 0 aliphatic carbocycles. The first-order valence-corrected chi connectivity index (χ1v) is 9.99. The van der Waals surface area contributed by atoms with Crippen molar-refractivity contribution < 1.29 is 12.8 Å². The van der Waals surface area contributed by atoms with Gasteiger partial charge in [0.25, 0.3) is 0 Å². The Kier molecular flexibility index (Phi) is 9.06. The van der Waals surface area contributed by atoms with Crippen LogP contribution in [0.5, 0.6) is 0 Å². The van der Waals surface area contributed by atoms with Crippen molar-refractivity contribution in [2.75, 3.05) is 37.7 Å². The average molecular weight is 509 g/mol. The standard InChI is InChI=1S/C13H18ClFN4O2S2.HI/c14-11-9-10(15)1-2-12(11)23(20,21)18-4-3-17-13(16)19-5-7-22-8-6-19;/h1-2,9,18H,3-8H2,(H2,16,17);1H. The third-order valence-electron chi connectivity index (χ3n) is 3.20. The minimum absolute atomic E-state index is 0. The Labute approximate surface area is 167 Å². The molecule has 1 aromatic carbocycles. The summed E-state index contributed by atoms with van der Waals surface area (Å²) in [4.78, 5) is 5.98. The van der Waals surface area contributed by atoms with Crippen molar-refractivity contribution in [2.45, 2.75) is 4.90 Å². The predicted octanol–water partition coefficient (Wildman–Crippen LogP) is 1.74. The van der Waals surface area contributed by atoms with Gasteiger partial charge in [-0.25, -0.2) is 17.5 Å². The molecule has 0 aromatic heterocycles. The Hall–Kier alpha value is -0.300. The number of nitrogens with zero attached hydrogens (tertiary/aromatic N) is 2. The van der Waals surface area contributed by atoms with Crippen LogP contribution in [-0.2, 0) is 10.0 Å². The molecule has 0 saturated carbocycles. The predicted molar refractivity (Wildman–Crippen MR) is 107 cm³/mol. The zero-order valence-electron chi connectivity index (χ0n) is 12.7. The van der Waals surface area contributed by atoms with Gasteiger partial charge >= 0.3 is 0 Å². The molecule has 2 rings (SSSR count). The fraction of sp³-hybridized carbons (Fsp3) is 0.462. The summed E-state index contributed by atoms with van der Waals surface area (Å²) in [7, 11) is -3.81. The van der Waals surface area contributed by atoms with Gasteiger partial charge in [0.2, 0.25) is 10.0 Å². The van der Waals surface area contributed by atoms with Gasteiger partial charge in [0.1, 0.15) is 10.7 Å². The van der Waals surface area contributed by atoms with Gasteiger partial charge in [-0.3, -0.25) is 4.99 Å². The molecule has 1 aliphatic rings. The van der Waals surface area contributed by atoms with E-state index in [9.17, 15) is 12.8 Å². The third kappa shape index (κ3) is 6.21. The van der Waals surface area contributed by atoms with Crippen molar-refractivity contribution in [3.8, 4) is 0 Å². The lowest BCUT2D eigenvalue weighted by Crippen LogP contribution is -2.43. The molecular weight excluding hydrogens is 490 g/mol. The normalized spacial score (nSPS) is 15.9. The molecule has 1 aliphatic heterocycles. The summed E-state index contributed by atoms with van der Waals surface area (Å²) in [5.74, 6) is 1.84. The lowest BCUT2D eigenvalue weighted by molar-refractivity contribution is 0.456. The topological polar surface area (TPSA) is 87.8 Å². The van der Waals surface area contributed by atoms with Crippen LogP contribution in [0.25, 0.3) is 0 Å². The van der Waals surface area contributed by atoms with E-state index in [1.165, 1.54) is 0 Å². The maximum atomic E-state index is 13.0. The second kappa shape index (κ2) is 10.00. The average Bonchev–Trinajstić information content (AvgIpc) is 2.52. The van der Waals surface area contributed by atoms with Gasteiger partial charge in [-0.15, -0.1) is 24.0 Å². The first kappa shape index (κ1) is 21.7. The van der Waals surface area contributed by atoms with Crippen molar-refractivity contribution in [1.82, 2.24) is 9.62 Å². The Morgan fingerprint density at radius 3 is 2.71 bits per heavy atom. The van der Waals surface area contributed by atoms with Gasteiger partial charge in [-0.05, 0) is 18.2 Å². The molecule has 1 aromatic rings. The van der Waals surface area contributed by atoms with Crippen molar-refractivity contribution in [1.29, 1.82) is 0 Å². The minimum atomic E-state index is -3.81. The van der Waals surface area contributed by atoms with Crippen molar-refractivity contribution in [2.24, 2.45) is 10.7 Å². The van der Waals surface area contributed by atoms with E-state index in [2.05, 4.69) is 9.71 Å². The van der Waals surface area contributed by atoms with Gasteiger partial charge in [-0.1, -0.05) is 11.6 Å². The number of hydrogen-bond acceptors (Lipinski definition) is 4. The van der Waals surface area contributed by atoms with Crippen LogP contribution in [-0.4, -0.2) is 57.0 Å². The summed E-state index contributed by atoms with van der Waals surface area (Å²) in [6, 6.07) is 3.13. The highest BCUT2D eigenvalue weighted by atomic mass is 127. The largest absolute Gasteiger partial charge is 0.370 e. The molecule has 136 valence electrons. The molecule has 1 saturated heterocycles. The second-order valence-corrected chi connectivity index (χ2v) is 8.18. The molecule has 1 heterocycles. The lowest BCUT2D eigenvalue weighted by atomic mass is 10.3. The van der Waals surface area contributed by atoms with E-state index in [1.54, 1.807) is 0 Å². The summed E-state index contributed by atoms with van der Waals surface area (Å²) in [5.41, 5.74) is 5.88. The van der Waals surface area contributed by atoms with Crippen LogP contribution in [0.15, 0.2) is 28.1 Å². The van der Waals surface area contributed by atoms with E-state index in [0.717, 1.165) is 42.8 Å². The van der Waals surface area contributed by atoms with E-state index >= 15 is 0 Å². The van der Waals surface area contributed by atoms with Crippen LogP contribution < -0.4 is 10.5 Å². The first-order valence-electron chi connectivity index (χ1n) is 6.97. The summed E-state index contributed by atoms with van der Waals surface area (Å²) in [5, 5.41) is -0.161. The zero-order valence-corrected chi connectivity index (χ0v) is 17.5. The van der Waals surface area contributed by atoms with E-state index in [-0.39, 0.29) is 47.0 Å². The molecule has 3 N–H and O–H groups in total. The van der Waals surface area contributed by atoms with E-state index < -0.39 is 15.8 Å². The fourth-order valence-electron chi connectivity index (χ4n) is 2.01. The number of halogens is 3. The highest BCUT2D eigenvalue weighted by molar-refractivity contribution is 14.0. The monoisotopic (exact) mass is 508 g/mol. The van der Waals surface area contributed by atoms with Gasteiger partial charge in [0.05, 0.1) is 11.6 Å². The summed E-state index contributed by atoms with van der Waals surface area (Å²) >= 11 is 7.63. The van der Waals surface area contributed by atoms with Crippen LogP contribution in [0.4, 0.5) is 4.39 Å². The molecule has 0 radical (unpaired) electrons. The van der Waals surface area contributed by atoms with Gasteiger partial charge in [0, 0.05) is 31.1 Å². The van der Waals surface area contributed by atoms with Crippen LogP contribution >= 0.6 is 47.3 Å². The number of rotatable bonds is 5. The number of hydrogen-bond donors (Lipinski definition) is 2. The summed E-state index contributed by atoms with van der Waals surface area (Å²) in [6.07, 6.45) is 0. The lowest BCUT2D eigenvalue weighted by Gasteiger charge is -2.27. The highest BCUT2D eigenvalue weighted by Crippen LogP contribution is 2.21. The number of aliphatic imine (C=N–C) groups is 1. The van der Waals surface area contributed by atoms with Crippen LogP contribution in [0.3, 0.4) is 0 Å². The molecule has 1 fully saturated rings. The van der Waals surface area contributed by atoms with Crippen LogP contribution in [0.1, 0.15) is 0 Å². The molecule has 24 heavy (non-hydrogen) atoms. The molecular formula is C13H19ClFIN4O2S2. The van der Waals surface area contributed by atoms with Crippen LogP contribution in [0, 0.1) is 5.82 Å². The number of thioether (sulfide) groups is 1. The maximum absolute atomic E-state index is 13.0. The molecule has 0 amide bonds. The number of benzene rings is 1.